The average molecular weight is 439 g/mol. The summed E-state index contributed by atoms with van der Waals surface area (Å²) in [7, 11) is 3.43. The lowest BCUT2D eigenvalue weighted by molar-refractivity contribution is -0.116. The number of benzene rings is 1. The number of halogens is 2. The minimum atomic E-state index is 0.00880. The van der Waals surface area contributed by atoms with Crippen molar-refractivity contribution in [3.8, 4) is 5.75 Å². The molecule has 1 aromatic carbocycles. The van der Waals surface area contributed by atoms with Crippen LogP contribution in [-0.2, 0) is 18.4 Å². The summed E-state index contributed by atoms with van der Waals surface area (Å²) in [4.78, 5) is 14.8. The van der Waals surface area contributed by atoms with Gasteiger partial charge in [-0.3, -0.25) is 14.4 Å². The maximum absolute atomic E-state index is 12.4. The van der Waals surface area contributed by atoms with Crippen molar-refractivity contribution in [1.29, 1.82) is 0 Å². The maximum atomic E-state index is 12.4. The number of aromatic nitrogens is 2. The van der Waals surface area contributed by atoms with Gasteiger partial charge in [-0.25, -0.2) is 0 Å². The summed E-state index contributed by atoms with van der Waals surface area (Å²) in [5, 5.41) is 8.51. The van der Waals surface area contributed by atoms with Crippen LogP contribution < -0.4 is 10.1 Å². The lowest BCUT2D eigenvalue weighted by Gasteiger charge is -2.32. The lowest BCUT2D eigenvalue weighted by Crippen LogP contribution is -2.35. The monoisotopic (exact) mass is 438 g/mol. The van der Waals surface area contributed by atoms with Crippen molar-refractivity contribution in [1.82, 2.24) is 14.7 Å². The van der Waals surface area contributed by atoms with Gasteiger partial charge in [-0.05, 0) is 56.8 Å². The average Bonchev–Trinajstić information content (AvgIpc) is 2.93. The molecule has 1 saturated heterocycles. The molecule has 0 saturated carbocycles. The molecule has 1 aliphatic rings. The fourth-order valence-corrected chi connectivity index (χ4v) is 4.40. The molecule has 1 atom stereocenters. The summed E-state index contributed by atoms with van der Waals surface area (Å²) in [5.74, 6) is 1.11. The number of hydrogen-bond acceptors (Lipinski definition) is 4. The van der Waals surface area contributed by atoms with Crippen molar-refractivity contribution in [2.24, 2.45) is 13.0 Å². The van der Waals surface area contributed by atoms with E-state index in [0.29, 0.717) is 34.0 Å². The molecule has 8 heteroatoms. The van der Waals surface area contributed by atoms with Crippen molar-refractivity contribution in [2.75, 3.05) is 25.5 Å². The van der Waals surface area contributed by atoms with Crippen LogP contribution in [0, 0.1) is 12.8 Å². The second-order valence-corrected chi connectivity index (χ2v) is 8.42. The minimum Gasteiger partial charge on any atom is -0.495 e. The van der Waals surface area contributed by atoms with Crippen molar-refractivity contribution >= 4 is 34.8 Å². The van der Waals surface area contributed by atoms with Crippen LogP contribution >= 0.6 is 23.2 Å². The number of aryl methyl sites for hydroxylation is 2. The van der Waals surface area contributed by atoms with Crippen molar-refractivity contribution in [3.05, 3.63) is 39.6 Å². The Morgan fingerprint density at radius 3 is 2.83 bits per heavy atom. The van der Waals surface area contributed by atoms with Crippen molar-refractivity contribution in [3.63, 3.8) is 0 Å². The molecule has 158 valence electrons. The Labute approximate surface area is 182 Å². The molecule has 1 N–H and O–H groups in total. The molecule has 2 heterocycles. The van der Waals surface area contributed by atoms with E-state index < -0.39 is 0 Å². The number of hydrogen-bond donors (Lipinski definition) is 1. The van der Waals surface area contributed by atoms with Gasteiger partial charge in [-0.1, -0.05) is 23.2 Å². The van der Waals surface area contributed by atoms with Gasteiger partial charge in [0.15, 0.2) is 0 Å². The Morgan fingerprint density at radius 2 is 2.17 bits per heavy atom. The van der Waals surface area contributed by atoms with Gasteiger partial charge >= 0.3 is 0 Å². The van der Waals surface area contributed by atoms with Gasteiger partial charge in [0.1, 0.15) is 10.9 Å². The molecule has 3 rings (SSSR count). The molecule has 0 aliphatic carbocycles. The third kappa shape index (κ3) is 5.65. The summed E-state index contributed by atoms with van der Waals surface area (Å²) >= 11 is 12.5. The maximum Gasteiger partial charge on any atom is 0.224 e. The predicted octanol–water partition coefficient (Wildman–Crippen LogP) is 4.67. The number of carbonyl (C=O) groups excluding carboxylic acids is 1. The van der Waals surface area contributed by atoms with Gasteiger partial charge in [-0.2, -0.15) is 5.10 Å². The molecule has 0 radical (unpaired) electrons. The normalized spacial score (nSPS) is 17.3. The second-order valence-electron chi connectivity index (χ2n) is 7.66. The number of likely N-dealkylation sites (tertiary alicyclic amines) is 1. The standard InChI is InChI=1S/C21H28Cl2N4O2/c1-14-17(21(23)26(2)25-14)13-27-10-4-5-15(12-27)6-9-20(28)24-16-7-8-19(29-3)18(22)11-16/h7-8,11,15H,4-6,9-10,12-13H2,1-3H3,(H,24,28)/t15-/m0/s1. The van der Waals surface area contributed by atoms with Crippen LogP contribution in [0.2, 0.25) is 10.2 Å². The molecule has 29 heavy (non-hydrogen) atoms. The first-order valence-electron chi connectivity index (χ1n) is 9.91. The van der Waals surface area contributed by atoms with Crippen LogP contribution in [0.1, 0.15) is 36.9 Å². The fraction of sp³-hybridized carbons (Fsp3) is 0.524. The van der Waals surface area contributed by atoms with Crippen LogP contribution in [0.5, 0.6) is 5.75 Å². The molecule has 0 bridgehead atoms. The van der Waals surface area contributed by atoms with Crippen LogP contribution in [0.3, 0.4) is 0 Å². The molecule has 1 fully saturated rings. The summed E-state index contributed by atoms with van der Waals surface area (Å²) < 4.78 is 6.86. The van der Waals surface area contributed by atoms with E-state index in [1.807, 2.05) is 14.0 Å². The zero-order valence-electron chi connectivity index (χ0n) is 17.2. The molecule has 1 amide bonds. The Hall–Kier alpha value is -1.76. The van der Waals surface area contributed by atoms with Crippen LogP contribution in [0.4, 0.5) is 5.69 Å². The van der Waals surface area contributed by atoms with Gasteiger partial charge in [0.25, 0.3) is 0 Å². The topological polar surface area (TPSA) is 59.4 Å². The Balaban J connectivity index is 1.49. The van der Waals surface area contributed by atoms with Gasteiger partial charge in [0.05, 0.1) is 17.8 Å². The highest BCUT2D eigenvalue weighted by atomic mass is 35.5. The SMILES string of the molecule is COc1ccc(NC(=O)CC[C@@H]2CCCN(Cc3c(C)nn(C)c3Cl)C2)cc1Cl. The van der Waals surface area contributed by atoms with Crippen LogP contribution in [0.25, 0.3) is 0 Å². The number of carbonyl (C=O) groups is 1. The van der Waals surface area contributed by atoms with E-state index in [-0.39, 0.29) is 5.91 Å². The number of anilines is 1. The Bertz CT molecular complexity index is 869. The molecule has 6 nitrogen and oxygen atoms in total. The first-order valence-corrected chi connectivity index (χ1v) is 10.7. The van der Waals surface area contributed by atoms with E-state index in [1.165, 1.54) is 0 Å². The highest BCUT2D eigenvalue weighted by Crippen LogP contribution is 2.28. The summed E-state index contributed by atoms with van der Waals surface area (Å²) in [6.45, 7) is 4.84. The van der Waals surface area contributed by atoms with E-state index in [9.17, 15) is 4.79 Å². The minimum absolute atomic E-state index is 0.00880. The van der Waals surface area contributed by atoms with Crippen LogP contribution in [-0.4, -0.2) is 40.8 Å². The summed E-state index contributed by atoms with van der Waals surface area (Å²) in [5.41, 5.74) is 2.77. The zero-order valence-corrected chi connectivity index (χ0v) is 18.7. The fourth-order valence-electron chi connectivity index (χ4n) is 3.91. The van der Waals surface area contributed by atoms with E-state index in [2.05, 4.69) is 15.3 Å². The van der Waals surface area contributed by atoms with Gasteiger partial charge in [0.2, 0.25) is 5.91 Å². The van der Waals surface area contributed by atoms with E-state index in [1.54, 1.807) is 30.0 Å². The third-order valence-electron chi connectivity index (χ3n) is 5.47. The lowest BCUT2D eigenvalue weighted by atomic mass is 9.93. The summed E-state index contributed by atoms with van der Waals surface area (Å²) in [6.07, 6.45) is 3.65. The number of piperidine rings is 1. The van der Waals surface area contributed by atoms with Gasteiger partial charge < -0.3 is 10.1 Å². The highest BCUT2D eigenvalue weighted by Gasteiger charge is 2.23. The molecule has 0 unspecified atom stereocenters. The van der Waals surface area contributed by atoms with Crippen molar-refractivity contribution in [2.45, 2.75) is 39.2 Å². The third-order valence-corrected chi connectivity index (χ3v) is 6.24. The Morgan fingerprint density at radius 1 is 1.38 bits per heavy atom. The number of ether oxygens (including phenoxy) is 1. The van der Waals surface area contributed by atoms with E-state index >= 15 is 0 Å². The number of rotatable bonds is 7. The first-order chi connectivity index (χ1) is 13.9. The highest BCUT2D eigenvalue weighted by molar-refractivity contribution is 6.32. The van der Waals surface area contributed by atoms with Gasteiger partial charge in [-0.15, -0.1) is 0 Å². The molecule has 1 aromatic heterocycles. The molecular formula is C21H28Cl2N4O2. The Kier molecular flexibility index (Phi) is 7.44. The van der Waals surface area contributed by atoms with Crippen molar-refractivity contribution < 1.29 is 9.53 Å². The molecule has 0 spiro atoms. The first kappa shape index (κ1) is 21.9. The van der Waals surface area contributed by atoms with Gasteiger partial charge in [0, 0.05) is 37.8 Å². The summed E-state index contributed by atoms with van der Waals surface area (Å²) in [6, 6.07) is 5.26. The quantitative estimate of drug-likeness (QED) is 0.681. The number of nitrogens with one attached hydrogen (secondary N) is 1. The molecule has 2 aromatic rings. The zero-order chi connectivity index (χ0) is 21.0. The predicted molar refractivity (Wildman–Crippen MR) is 117 cm³/mol. The number of methoxy groups -OCH3 is 1. The van der Waals surface area contributed by atoms with E-state index in [4.69, 9.17) is 27.9 Å². The molecular weight excluding hydrogens is 411 g/mol. The second kappa shape index (κ2) is 9.83. The van der Waals surface area contributed by atoms with E-state index in [0.717, 1.165) is 50.2 Å². The van der Waals surface area contributed by atoms with Crippen LogP contribution in [0.15, 0.2) is 18.2 Å². The number of nitrogens with zero attached hydrogens (tertiary/aromatic N) is 3. The number of amides is 1. The largest absolute Gasteiger partial charge is 0.495 e. The molecule has 1 aliphatic heterocycles. The smallest absolute Gasteiger partial charge is 0.224 e.